The molecule has 1 aliphatic rings. The number of para-hydroxylation sites is 1. The van der Waals surface area contributed by atoms with Crippen molar-refractivity contribution in [3.05, 3.63) is 54.9 Å². The molecule has 1 aliphatic heterocycles. The lowest BCUT2D eigenvalue weighted by atomic mass is 9.96. The number of aromatic nitrogens is 5. The van der Waals surface area contributed by atoms with Crippen molar-refractivity contribution in [3.63, 3.8) is 0 Å². The van der Waals surface area contributed by atoms with Crippen LogP contribution < -0.4 is 16.0 Å². The topological polar surface area (TPSA) is 132 Å². The van der Waals surface area contributed by atoms with Gasteiger partial charge in [0, 0.05) is 19.2 Å². The van der Waals surface area contributed by atoms with Crippen molar-refractivity contribution >= 4 is 23.3 Å². The number of benzene rings is 1. The van der Waals surface area contributed by atoms with Crippen LogP contribution in [-0.2, 0) is 4.79 Å². The Morgan fingerprint density at radius 2 is 1.97 bits per heavy atom. The van der Waals surface area contributed by atoms with Gasteiger partial charge in [-0.15, -0.1) is 0 Å². The fraction of sp³-hybridized carbons (Fsp3) is 0.263. The molecule has 1 unspecified atom stereocenters. The van der Waals surface area contributed by atoms with Crippen LogP contribution in [0, 0.1) is 5.92 Å². The summed E-state index contributed by atoms with van der Waals surface area (Å²) in [6.07, 6.45) is 6.07. The molecule has 3 N–H and O–H groups in total. The first-order chi connectivity index (χ1) is 14.1. The van der Waals surface area contributed by atoms with E-state index in [1.54, 1.807) is 35.3 Å². The smallest absolute Gasteiger partial charge is 0.250 e. The maximum atomic E-state index is 12.8. The van der Waals surface area contributed by atoms with Crippen molar-refractivity contribution in [2.24, 2.45) is 11.7 Å². The van der Waals surface area contributed by atoms with E-state index < -0.39 is 5.91 Å². The van der Waals surface area contributed by atoms with Crippen LogP contribution in [0.25, 0.3) is 5.82 Å². The fourth-order valence-electron chi connectivity index (χ4n) is 3.40. The van der Waals surface area contributed by atoms with Gasteiger partial charge in [0.15, 0.2) is 5.82 Å². The first kappa shape index (κ1) is 18.5. The number of nitrogens with one attached hydrogen (secondary N) is 1. The number of carbonyl (C=O) groups is 2. The summed E-state index contributed by atoms with van der Waals surface area (Å²) in [7, 11) is 0. The standard InChI is InChI=1S/C19H20N8O2/c20-18(28)14-5-1-2-6-15(14)25-19(29)13-4-3-7-26(9-13)16-8-17(23-11-22-16)27-12-21-10-24-27/h1-2,5-6,8,10-13H,3-4,7,9H2,(H2,20,28)(H,25,29). The van der Waals surface area contributed by atoms with Crippen LogP contribution in [0.3, 0.4) is 0 Å². The molecule has 0 aliphatic carbocycles. The monoisotopic (exact) mass is 392 g/mol. The molecule has 4 rings (SSSR count). The SMILES string of the molecule is NC(=O)c1ccccc1NC(=O)C1CCCN(c2cc(-n3cncn3)ncn2)C1. The van der Waals surface area contributed by atoms with Gasteiger partial charge < -0.3 is 16.0 Å². The maximum Gasteiger partial charge on any atom is 0.250 e. The lowest BCUT2D eigenvalue weighted by molar-refractivity contribution is -0.120. The summed E-state index contributed by atoms with van der Waals surface area (Å²) in [5.74, 6) is 0.367. The quantitative estimate of drug-likeness (QED) is 0.662. The predicted molar refractivity (Wildman–Crippen MR) is 105 cm³/mol. The normalized spacial score (nSPS) is 16.4. The number of rotatable bonds is 5. The van der Waals surface area contributed by atoms with Gasteiger partial charge in [-0.25, -0.2) is 19.6 Å². The van der Waals surface area contributed by atoms with E-state index in [1.807, 2.05) is 6.07 Å². The Morgan fingerprint density at radius 1 is 1.14 bits per heavy atom. The molecule has 0 saturated carbocycles. The summed E-state index contributed by atoms with van der Waals surface area (Å²) in [6, 6.07) is 8.55. The zero-order chi connectivity index (χ0) is 20.2. The van der Waals surface area contributed by atoms with Gasteiger partial charge >= 0.3 is 0 Å². The molecule has 2 aromatic heterocycles. The van der Waals surface area contributed by atoms with Gasteiger partial charge in [0.25, 0.3) is 5.91 Å². The van der Waals surface area contributed by atoms with Crippen molar-refractivity contribution in [2.75, 3.05) is 23.3 Å². The minimum atomic E-state index is -0.576. The van der Waals surface area contributed by atoms with Crippen LogP contribution in [0.1, 0.15) is 23.2 Å². The molecular formula is C19H20N8O2. The number of nitrogens with zero attached hydrogens (tertiary/aromatic N) is 6. The Bertz CT molecular complexity index is 1020. The number of nitrogens with two attached hydrogens (primary N) is 1. The minimum absolute atomic E-state index is 0.144. The van der Waals surface area contributed by atoms with Gasteiger partial charge in [-0.2, -0.15) is 5.10 Å². The van der Waals surface area contributed by atoms with E-state index in [0.29, 0.717) is 23.6 Å². The molecule has 1 saturated heterocycles. The van der Waals surface area contributed by atoms with Crippen LogP contribution >= 0.6 is 0 Å². The minimum Gasteiger partial charge on any atom is -0.366 e. The highest BCUT2D eigenvalue weighted by molar-refractivity contribution is 6.03. The second-order valence-electron chi connectivity index (χ2n) is 6.76. The number of piperidine rings is 1. The van der Waals surface area contributed by atoms with Gasteiger partial charge in [-0.05, 0) is 25.0 Å². The number of amides is 2. The molecule has 3 heterocycles. The third-order valence-electron chi connectivity index (χ3n) is 4.86. The van der Waals surface area contributed by atoms with Gasteiger partial charge in [0.1, 0.15) is 24.8 Å². The van der Waals surface area contributed by atoms with Crippen LogP contribution in [0.15, 0.2) is 49.3 Å². The Hall–Kier alpha value is -3.82. The third-order valence-corrected chi connectivity index (χ3v) is 4.86. The van der Waals surface area contributed by atoms with Crippen molar-refractivity contribution < 1.29 is 9.59 Å². The van der Waals surface area contributed by atoms with Crippen molar-refractivity contribution in [1.29, 1.82) is 0 Å². The first-order valence-corrected chi connectivity index (χ1v) is 9.23. The Morgan fingerprint density at radius 3 is 2.76 bits per heavy atom. The summed E-state index contributed by atoms with van der Waals surface area (Å²) < 4.78 is 1.56. The number of carbonyl (C=O) groups excluding carboxylic acids is 2. The Balaban J connectivity index is 1.48. The number of anilines is 2. The molecule has 0 bridgehead atoms. The fourth-order valence-corrected chi connectivity index (χ4v) is 3.40. The van der Waals surface area contributed by atoms with Gasteiger partial charge in [0.2, 0.25) is 5.91 Å². The summed E-state index contributed by atoms with van der Waals surface area (Å²) in [4.78, 5) is 39.0. The zero-order valence-electron chi connectivity index (χ0n) is 15.6. The van der Waals surface area contributed by atoms with Crippen LogP contribution in [0.4, 0.5) is 11.5 Å². The average molecular weight is 392 g/mol. The van der Waals surface area contributed by atoms with Crippen LogP contribution in [0.5, 0.6) is 0 Å². The van der Waals surface area contributed by atoms with Crippen LogP contribution in [-0.4, -0.2) is 49.6 Å². The summed E-state index contributed by atoms with van der Waals surface area (Å²) in [5.41, 5.74) is 6.12. The van der Waals surface area contributed by atoms with Gasteiger partial charge in [-0.1, -0.05) is 12.1 Å². The molecule has 10 nitrogen and oxygen atoms in total. The molecule has 1 aromatic carbocycles. The second kappa shape index (κ2) is 8.05. The number of primary amides is 1. The van der Waals surface area contributed by atoms with E-state index in [0.717, 1.165) is 25.2 Å². The highest BCUT2D eigenvalue weighted by Gasteiger charge is 2.27. The highest BCUT2D eigenvalue weighted by atomic mass is 16.2. The zero-order valence-corrected chi connectivity index (χ0v) is 15.6. The molecule has 1 atom stereocenters. The molecule has 2 amide bonds. The van der Waals surface area contributed by atoms with Crippen molar-refractivity contribution in [1.82, 2.24) is 24.7 Å². The van der Waals surface area contributed by atoms with Crippen LogP contribution in [0.2, 0.25) is 0 Å². The molecule has 148 valence electrons. The molecule has 29 heavy (non-hydrogen) atoms. The van der Waals surface area contributed by atoms with E-state index in [9.17, 15) is 9.59 Å². The molecule has 10 heteroatoms. The molecule has 3 aromatic rings. The van der Waals surface area contributed by atoms with E-state index >= 15 is 0 Å². The predicted octanol–water partition coefficient (Wildman–Crippen LogP) is 1.01. The van der Waals surface area contributed by atoms with Crippen molar-refractivity contribution in [3.8, 4) is 5.82 Å². The molecular weight excluding hydrogens is 372 g/mol. The number of hydrogen-bond donors (Lipinski definition) is 2. The first-order valence-electron chi connectivity index (χ1n) is 9.23. The second-order valence-corrected chi connectivity index (χ2v) is 6.76. The third kappa shape index (κ3) is 4.05. The summed E-state index contributed by atoms with van der Waals surface area (Å²) >= 11 is 0. The Kier molecular flexibility index (Phi) is 5.14. The lowest BCUT2D eigenvalue weighted by Gasteiger charge is -2.33. The maximum absolute atomic E-state index is 12.8. The summed E-state index contributed by atoms with van der Waals surface area (Å²) in [6.45, 7) is 1.30. The highest BCUT2D eigenvalue weighted by Crippen LogP contribution is 2.24. The number of hydrogen-bond acceptors (Lipinski definition) is 7. The van der Waals surface area contributed by atoms with E-state index in [-0.39, 0.29) is 11.8 Å². The van der Waals surface area contributed by atoms with E-state index in [2.05, 4.69) is 30.3 Å². The molecule has 0 spiro atoms. The lowest BCUT2D eigenvalue weighted by Crippen LogP contribution is -2.41. The largest absolute Gasteiger partial charge is 0.366 e. The average Bonchev–Trinajstić information content (AvgIpc) is 3.29. The molecule has 0 radical (unpaired) electrons. The Labute approximate surface area is 166 Å². The van der Waals surface area contributed by atoms with Crippen molar-refractivity contribution in [2.45, 2.75) is 12.8 Å². The van der Waals surface area contributed by atoms with Gasteiger partial charge in [0.05, 0.1) is 17.2 Å². The van der Waals surface area contributed by atoms with E-state index in [1.165, 1.54) is 12.7 Å². The summed E-state index contributed by atoms with van der Waals surface area (Å²) in [5, 5.41) is 6.93. The van der Waals surface area contributed by atoms with Gasteiger partial charge in [-0.3, -0.25) is 9.59 Å². The van der Waals surface area contributed by atoms with E-state index in [4.69, 9.17) is 5.73 Å². The molecule has 1 fully saturated rings.